The third-order valence-corrected chi connectivity index (χ3v) is 5.82. The van der Waals surface area contributed by atoms with Crippen LogP contribution >= 0.6 is 0 Å². The Labute approximate surface area is 179 Å². The van der Waals surface area contributed by atoms with Crippen LogP contribution in [0.3, 0.4) is 0 Å². The molecule has 0 atom stereocenters. The van der Waals surface area contributed by atoms with E-state index in [9.17, 15) is 0 Å². The van der Waals surface area contributed by atoms with Crippen LogP contribution in [-0.2, 0) is 0 Å². The van der Waals surface area contributed by atoms with Crippen LogP contribution in [0, 0.1) is 0 Å². The van der Waals surface area contributed by atoms with Crippen LogP contribution in [0.5, 0.6) is 0 Å². The van der Waals surface area contributed by atoms with Crippen molar-refractivity contribution in [2.24, 2.45) is 0 Å². The highest BCUT2D eigenvalue weighted by atomic mass is 14.2. The fourth-order valence-electron chi connectivity index (χ4n) is 4.34. The van der Waals surface area contributed by atoms with Gasteiger partial charge in [-0.25, -0.2) is 0 Å². The minimum atomic E-state index is 1.15. The molecule has 0 fully saturated rings. The third-order valence-electron chi connectivity index (χ3n) is 5.82. The van der Waals surface area contributed by atoms with E-state index in [2.05, 4.69) is 112 Å². The number of fused-ring (bicyclic) bond motifs is 2. The summed E-state index contributed by atoms with van der Waals surface area (Å²) in [5.41, 5.74) is 7.24. The molecule has 0 unspecified atom stereocenters. The van der Waals surface area contributed by atoms with Gasteiger partial charge in [0.15, 0.2) is 0 Å². The Balaban J connectivity index is 2.05. The van der Waals surface area contributed by atoms with Crippen LogP contribution in [-0.4, -0.2) is 0 Å². The Morgan fingerprint density at radius 1 is 0.533 bits per heavy atom. The van der Waals surface area contributed by atoms with Crippen molar-refractivity contribution in [1.82, 2.24) is 0 Å². The maximum Gasteiger partial charge on any atom is -0.00987 e. The fourth-order valence-corrected chi connectivity index (χ4v) is 4.34. The molecule has 0 radical (unpaired) electrons. The van der Waals surface area contributed by atoms with Gasteiger partial charge in [-0.3, -0.25) is 0 Å². The largest absolute Gasteiger partial charge is 0.0985 e. The zero-order chi connectivity index (χ0) is 21.1. The summed E-state index contributed by atoms with van der Waals surface area (Å²) in [6.07, 6.45) is 8.10. The van der Waals surface area contributed by atoms with Crippen molar-refractivity contribution in [3.05, 3.63) is 121 Å². The van der Waals surface area contributed by atoms with Gasteiger partial charge in [0, 0.05) is 0 Å². The number of hydrogen-bond donors (Lipinski definition) is 0. The van der Waals surface area contributed by atoms with Gasteiger partial charge in [-0.15, -0.1) is 0 Å². The maximum absolute atomic E-state index is 4.00. The molecule has 0 bridgehead atoms. The van der Waals surface area contributed by atoms with Crippen molar-refractivity contribution < 1.29 is 0 Å². The lowest BCUT2D eigenvalue weighted by molar-refractivity contribution is 1.61. The normalized spacial score (nSPS) is 12.3. The second kappa shape index (κ2) is 8.39. The highest BCUT2D eigenvalue weighted by Crippen LogP contribution is 2.39. The summed E-state index contributed by atoms with van der Waals surface area (Å²) in [5, 5.41) is 5.00. The van der Waals surface area contributed by atoms with Gasteiger partial charge in [0.1, 0.15) is 0 Å². The van der Waals surface area contributed by atoms with Gasteiger partial charge in [0.25, 0.3) is 0 Å². The molecule has 0 aliphatic heterocycles. The van der Waals surface area contributed by atoms with E-state index < -0.39 is 0 Å². The van der Waals surface area contributed by atoms with Crippen LogP contribution in [0.15, 0.2) is 110 Å². The van der Waals surface area contributed by atoms with Crippen LogP contribution in [0.1, 0.15) is 25.0 Å². The molecule has 4 aromatic carbocycles. The lowest BCUT2D eigenvalue weighted by atomic mass is 9.88. The molecular formula is C30H26. The molecule has 0 aliphatic carbocycles. The smallest absolute Gasteiger partial charge is 0.00987 e. The molecular weight excluding hydrogens is 360 g/mol. The van der Waals surface area contributed by atoms with E-state index in [-0.39, 0.29) is 0 Å². The van der Waals surface area contributed by atoms with E-state index >= 15 is 0 Å². The molecule has 30 heavy (non-hydrogen) atoms. The van der Waals surface area contributed by atoms with Crippen molar-refractivity contribution in [2.75, 3.05) is 0 Å². The van der Waals surface area contributed by atoms with Gasteiger partial charge in [0.05, 0.1) is 0 Å². The predicted octanol–water partition coefficient (Wildman–Crippen LogP) is 8.84. The molecule has 0 saturated heterocycles. The first kappa shape index (κ1) is 19.7. The highest BCUT2D eigenvalue weighted by molar-refractivity contribution is 6.10. The van der Waals surface area contributed by atoms with Crippen molar-refractivity contribution in [2.45, 2.75) is 13.8 Å². The number of allylic oxidation sites excluding steroid dienone is 6. The Morgan fingerprint density at radius 3 is 1.23 bits per heavy atom. The minimum Gasteiger partial charge on any atom is -0.0985 e. The fraction of sp³-hybridized carbons (Fsp3) is 0.0667. The van der Waals surface area contributed by atoms with Crippen molar-refractivity contribution >= 4 is 32.7 Å². The summed E-state index contributed by atoms with van der Waals surface area (Å²) in [6.45, 7) is 12.1. The zero-order valence-electron chi connectivity index (χ0n) is 17.7. The number of benzene rings is 4. The monoisotopic (exact) mass is 386 g/mol. The van der Waals surface area contributed by atoms with E-state index in [4.69, 9.17) is 0 Å². The third kappa shape index (κ3) is 3.21. The first-order valence-corrected chi connectivity index (χ1v) is 10.4. The molecule has 0 heterocycles. The molecule has 0 spiro atoms. The topological polar surface area (TPSA) is 0 Å². The second-order valence-electron chi connectivity index (χ2n) is 7.31. The zero-order valence-corrected chi connectivity index (χ0v) is 17.7. The Kier molecular flexibility index (Phi) is 5.50. The van der Waals surface area contributed by atoms with Gasteiger partial charge in [-0.2, -0.15) is 0 Å². The Hall–Kier alpha value is -3.64. The molecule has 0 nitrogen and oxygen atoms in total. The van der Waals surface area contributed by atoms with Gasteiger partial charge in [-0.1, -0.05) is 110 Å². The molecule has 4 rings (SSSR count). The van der Waals surface area contributed by atoms with Gasteiger partial charge >= 0.3 is 0 Å². The standard InChI is InChI=1S/C30H26/c1-5-21(6-2)23-17-19-29(27-15-11-9-13-25(23)27)30-20-18-24(22(7-3)8-4)26-14-10-12-16-28(26)30/h5-20H,1,3H2,2,4H3/b21-6+,22-8+. The molecule has 4 aromatic rings. The molecule has 0 aromatic heterocycles. The van der Waals surface area contributed by atoms with Gasteiger partial charge < -0.3 is 0 Å². The Bertz CT molecular complexity index is 1220. The molecule has 0 heteroatoms. The summed E-state index contributed by atoms with van der Waals surface area (Å²) in [7, 11) is 0. The molecule has 0 amide bonds. The first-order chi connectivity index (χ1) is 14.7. The SMILES string of the molecule is C=C/C(=C\C)c1ccc(-c2ccc(/C(C=C)=C/C)c3ccccc23)c2ccccc12. The summed E-state index contributed by atoms with van der Waals surface area (Å²) in [6, 6.07) is 26.2. The van der Waals surface area contributed by atoms with E-state index in [1.165, 1.54) is 43.8 Å². The summed E-state index contributed by atoms with van der Waals surface area (Å²) in [4.78, 5) is 0. The minimum absolute atomic E-state index is 1.15. The van der Waals surface area contributed by atoms with Crippen LogP contribution in [0.25, 0.3) is 43.8 Å². The average Bonchev–Trinajstić information content (AvgIpc) is 2.81. The molecule has 146 valence electrons. The van der Waals surface area contributed by atoms with Crippen molar-refractivity contribution in [3.8, 4) is 11.1 Å². The van der Waals surface area contributed by atoms with Gasteiger partial charge in [0.2, 0.25) is 0 Å². The van der Waals surface area contributed by atoms with E-state index in [1.807, 2.05) is 12.2 Å². The quantitative estimate of drug-likeness (QED) is 0.300. The summed E-state index contributed by atoms with van der Waals surface area (Å²) < 4.78 is 0. The number of hydrogen-bond acceptors (Lipinski definition) is 0. The second-order valence-corrected chi connectivity index (χ2v) is 7.31. The van der Waals surface area contributed by atoms with Gasteiger partial charge in [-0.05, 0) is 68.8 Å². The first-order valence-electron chi connectivity index (χ1n) is 10.4. The maximum atomic E-state index is 4.00. The highest BCUT2D eigenvalue weighted by Gasteiger charge is 2.13. The lowest BCUT2D eigenvalue weighted by Gasteiger charge is -2.16. The van der Waals surface area contributed by atoms with E-state index in [0.29, 0.717) is 0 Å². The van der Waals surface area contributed by atoms with E-state index in [0.717, 1.165) is 11.1 Å². The summed E-state index contributed by atoms with van der Waals surface area (Å²) in [5.74, 6) is 0. The van der Waals surface area contributed by atoms with Crippen LogP contribution < -0.4 is 0 Å². The number of rotatable bonds is 5. The van der Waals surface area contributed by atoms with Crippen molar-refractivity contribution in [1.29, 1.82) is 0 Å². The molecule has 0 aliphatic rings. The Morgan fingerprint density at radius 2 is 0.900 bits per heavy atom. The predicted molar refractivity (Wildman–Crippen MR) is 135 cm³/mol. The average molecular weight is 387 g/mol. The van der Waals surface area contributed by atoms with Crippen molar-refractivity contribution in [3.63, 3.8) is 0 Å². The lowest BCUT2D eigenvalue weighted by Crippen LogP contribution is -1.91. The van der Waals surface area contributed by atoms with Crippen LogP contribution in [0.2, 0.25) is 0 Å². The molecule has 0 N–H and O–H groups in total. The summed E-state index contributed by atoms with van der Waals surface area (Å²) >= 11 is 0. The van der Waals surface area contributed by atoms with Crippen LogP contribution in [0.4, 0.5) is 0 Å². The van der Waals surface area contributed by atoms with E-state index in [1.54, 1.807) is 0 Å². The molecule has 0 saturated carbocycles.